The number of nitrogens with two attached hydrogens (primary N) is 1. The summed E-state index contributed by atoms with van der Waals surface area (Å²) in [6.07, 6.45) is 3.70. The van der Waals surface area contributed by atoms with Crippen molar-refractivity contribution < 1.29 is 4.79 Å². The molecule has 1 aromatic heterocycles. The maximum absolute atomic E-state index is 11.7. The second kappa shape index (κ2) is 5.67. The highest BCUT2D eigenvalue weighted by Crippen LogP contribution is 2.16. The summed E-state index contributed by atoms with van der Waals surface area (Å²) in [4.78, 5) is 16.1. The lowest BCUT2D eigenvalue weighted by atomic mass is 10.1. The molecule has 5 heteroatoms. The average molecular weight is 258 g/mol. The molecule has 2 aromatic rings. The number of carbonyl (C=O) groups is 1. The fourth-order valence-corrected chi connectivity index (χ4v) is 2.10. The Morgan fingerprint density at radius 3 is 2.84 bits per heavy atom. The fourth-order valence-electron chi connectivity index (χ4n) is 2.10. The number of amides is 1. The summed E-state index contributed by atoms with van der Waals surface area (Å²) in [5, 5.41) is 0. The van der Waals surface area contributed by atoms with Crippen molar-refractivity contribution in [1.29, 1.82) is 0 Å². The number of carbonyl (C=O) groups excluding carboxylic acids is 1. The van der Waals surface area contributed by atoms with E-state index in [4.69, 9.17) is 5.84 Å². The Balaban J connectivity index is 2.33. The van der Waals surface area contributed by atoms with Crippen LogP contribution in [0.4, 0.5) is 0 Å². The van der Waals surface area contributed by atoms with Crippen molar-refractivity contribution >= 4 is 5.91 Å². The summed E-state index contributed by atoms with van der Waals surface area (Å²) >= 11 is 0. The zero-order chi connectivity index (χ0) is 13.8. The van der Waals surface area contributed by atoms with Crippen LogP contribution >= 0.6 is 0 Å². The Morgan fingerprint density at radius 1 is 1.42 bits per heavy atom. The van der Waals surface area contributed by atoms with Crippen molar-refractivity contribution in [3.63, 3.8) is 0 Å². The first-order valence-electron chi connectivity index (χ1n) is 6.23. The number of nitrogens with one attached hydrogen (secondary N) is 1. The van der Waals surface area contributed by atoms with Gasteiger partial charge in [0.05, 0.1) is 0 Å². The van der Waals surface area contributed by atoms with E-state index >= 15 is 0 Å². The first-order chi connectivity index (χ1) is 9.13. The summed E-state index contributed by atoms with van der Waals surface area (Å²) < 4.78 is 2.05. The van der Waals surface area contributed by atoms with Gasteiger partial charge in [-0.05, 0) is 11.6 Å². The molecular formula is C14H18N4O. The van der Waals surface area contributed by atoms with Crippen molar-refractivity contribution in [2.75, 3.05) is 0 Å². The molecule has 0 radical (unpaired) electrons. The van der Waals surface area contributed by atoms with Crippen LogP contribution in [-0.4, -0.2) is 15.5 Å². The zero-order valence-electron chi connectivity index (χ0n) is 11.1. The average Bonchev–Trinajstić information content (AvgIpc) is 2.87. The largest absolute Gasteiger partial charge is 0.330 e. The van der Waals surface area contributed by atoms with Crippen molar-refractivity contribution in [3.05, 3.63) is 53.6 Å². The van der Waals surface area contributed by atoms with Gasteiger partial charge in [0, 0.05) is 30.4 Å². The highest BCUT2D eigenvalue weighted by atomic mass is 16.2. The Bertz CT molecular complexity index is 574. The van der Waals surface area contributed by atoms with Crippen LogP contribution in [0.2, 0.25) is 0 Å². The molecule has 0 aliphatic rings. The Hall–Kier alpha value is -2.14. The number of nitrogen functional groups attached to an aromatic ring is 1. The summed E-state index contributed by atoms with van der Waals surface area (Å²) in [7, 11) is 0. The Morgan fingerprint density at radius 2 is 2.16 bits per heavy atom. The smallest absolute Gasteiger partial charge is 0.265 e. The van der Waals surface area contributed by atoms with Gasteiger partial charge in [0.1, 0.15) is 5.82 Å². The molecule has 0 saturated heterocycles. The fraction of sp³-hybridized carbons (Fsp3) is 0.286. The van der Waals surface area contributed by atoms with Gasteiger partial charge in [0.2, 0.25) is 0 Å². The minimum absolute atomic E-state index is 0.276. The molecule has 3 N–H and O–H groups in total. The number of benzene rings is 1. The molecule has 0 aliphatic heterocycles. The van der Waals surface area contributed by atoms with Crippen molar-refractivity contribution in [2.45, 2.75) is 26.3 Å². The zero-order valence-corrected chi connectivity index (χ0v) is 11.1. The molecule has 5 nitrogen and oxygen atoms in total. The molecule has 2 rings (SSSR count). The van der Waals surface area contributed by atoms with Gasteiger partial charge in [-0.1, -0.05) is 32.0 Å². The molecule has 0 unspecified atom stereocenters. The van der Waals surface area contributed by atoms with E-state index in [0.717, 1.165) is 11.4 Å². The van der Waals surface area contributed by atoms with Crippen LogP contribution in [0.15, 0.2) is 36.7 Å². The van der Waals surface area contributed by atoms with E-state index < -0.39 is 0 Å². The van der Waals surface area contributed by atoms with Crippen LogP contribution in [0, 0.1) is 0 Å². The number of nitrogens with zero attached hydrogens (tertiary/aromatic N) is 2. The molecular weight excluding hydrogens is 240 g/mol. The van der Waals surface area contributed by atoms with E-state index in [2.05, 4.69) is 24.3 Å². The predicted octanol–water partition coefficient (Wildman–Crippen LogP) is 1.66. The predicted molar refractivity (Wildman–Crippen MR) is 73.5 cm³/mol. The first-order valence-corrected chi connectivity index (χ1v) is 6.23. The number of hydrazine groups is 1. The normalized spacial score (nSPS) is 10.7. The number of hydrogen-bond acceptors (Lipinski definition) is 3. The van der Waals surface area contributed by atoms with Gasteiger partial charge in [-0.25, -0.2) is 10.8 Å². The number of hydrogen-bond donors (Lipinski definition) is 2. The monoisotopic (exact) mass is 258 g/mol. The number of aromatic nitrogens is 2. The molecule has 100 valence electrons. The van der Waals surface area contributed by atoms with Crippen LogP contribution in [0.1, 0.15) is 41.5 Å². The molecule has 0 fully saturated rings. The maximum atomic E-state index is 11.7. The molecule has 1 aromatic carbocycles. The van der Waals surface area contributed by atoms with E-state index in [-0.39, 0.29) is 5.91 Å². The lowest BCUT2D eigenvalue weighted by Crippen LogP contribution is -2.31. The van der Waals surface area contributed by atoms with Crippen LogP contribution in [0.25, 0.3) is 0 Å². The second-order valence-electron chi connectivity index (χ2n) is 4.70. The van der Waals surface area contributed by atoms with Gasteiger partial charge in [-0.2, -0.15) is 0 Å². The molecule has 0 saturated carbocycles. The lowest BCUT2D eigenvalue weighted by molar-refractivity contribution is 0.0952. The summed E-state index contributed by atoms with van der Waals surface area (Å²) in [5.41, 5.74) is 3.69. The quantitative estimate of drug-likeness (QED) is 0.497. The van der Waals surface area contributed by atoms with Crippen LogP contribution in [0.5, 0.6) is 0 Å². The first kappa shape index (κ1) is 13.3. The number of imidazole rings is 1. The second-order valence-corrected chi connectivity index (χ2v) is 4.70. The van der Waals surface area contributed by atoms with Crippen LogP contribution in [0.3, 0.4) is 0 Å². The summed E-state index contributed by atoms with van der Waals surface area (Å²) in [6, 6.07) is 7.43. The minimum Gasteiger partial charge on any atom is -0.330 e. The number of rotatable bonds is 4. The van der Waals surface area contributed by atoms with Gasteiger partial charge < -0.3 is 4.57 Å². The molecule has 0 bridgehead atoms. The third-order valence-corrected chi connectivity index (χ3v) is 3.00. The highest BCUT2D eigenvalue weighted by Gasteiger charge is 2.12. The van der Waals surface area contributed by atoms with Gasteiger partial charge in [0.15, 0.2) is 0 Å². The van der Waals surface area contributed by atoms with Gasteiger partial charge in [-0.15, -0.1) is 0 Å². The van der Waals surface area contributed by atoms with E-state index in [1.807, 2.05) is 29.0 Å². The minimum atomic E-state index is -0.276. The van der Waals surface area contributed by atoms with E-state index in [0.29, 0.717) is 18.0 Å². The van der Waals surface area contributed by atoms with Gasteiger partial charge in [-0.3, -0.25) is 10.2 Å². The Labute approximate surface area is 112 Å². The maximum Gasteiger partial charge on any atom is 0.265 e. The molecule has 0 atom stereocenters. The molecule has 1 heterocycles. The van der Waals surface area contributed by atoms with Crippen LogP contribution < -0.4 is 11.3 Å². The standard InChI is InChI=1S/C14H18N4O/c1-10(2)13-16-7-8-18(13)9-11-5-3-4-6-12(11)14(19)17-15/h3-8,10H,9,15H2,1-2H3,(H,17,19). The van der Waals surface area contributed by atoms with Gasteiger partial charge >= 0.3 is 0 Å². The molecule has 0 spiro atoms. The summed E-state index contributed by atoms with van der Waals surface area (Å²) in [5.74, 6) is 6.27. The van der Waals surface area contributed by atoms with E-state index in [1.165, 1.54) is 0 Å². The third-order valence-electron chi connectivity index (χ3n) is 3.00. The van der Waals surface area contributed by atoms with Crippen LogP contribution in [-0.2, 0) is 6.54 Å². The molecule has 0 aliphatic carbocycles. The SMILES string of the molecule is CC(C)c1nccn1Cc1ccccc1C(=O)NN. The Kier molecular flexibility index (Phi) is 3.97. The summed E-state index contributed by atoms with van der Waals surface area (Å²) in [6.45, 7) is 4.80. The lowest BCUT2D eigenvalue weighted by Gasteiger charge is -2.13. The van der Waals surface area contributed by atoms with Crippen molar-refractivity contribution in [2.24, 2.45) is 5.84 Å². The third kappa shape index (κ3) is 2.82. The van der Waals surface area contributed by atoms with E-state index in [1.54, 1.807) is 12.3 Å². The van der Waals surface area contributed by atoms with Gasteiger partial charge in [0.25, 0.3) is 5.91 Å². The topological polar surface area (TPSA) is 72.9 Å². The highest BCUT2D eigenvalue weighted by molar-refractivity contribution is 5.95. The van der Waals surface area contributed by atoms with Crippen molar-refractivity contribution in [1.82, 2.24) is 15.0 Å². The molecule has 1 amide bonds. The van der Waals surface area contributed by atoms with Crippen molar-refractivity contribution in [3.8, 4) is 0 Å². The van der Waals surface area contributed by atoms with E-state index in [9.17, 15) is 4.79 Å². The molecule has 19 heavy (non-hydrogen) atoms.